The van der Waals surface area contributed by atoms with Gasteiger partial charge in [-0.25, -0.2) is 4.39 Å². The maximum absolute atomic E-state index is 14.2. The molecule has 9 heteroatoms. The number of pyridine rings is 2. The molecule has 0 aliphatic carbocycles. The molecule has 3 heterocycles. The molecule has 0 radical (unpaired) electrons. The van der Waals surface area contributed by atoms with Gasteiger partial charge in [0, 0.05) is 28.7 Å². The molecule has 3 aromatic heterocycles. The highest BCUT2D eigenvalue weighted by Gasteiger charge is 2.12. The van der Waals surface area contributed by atoms with Crippen LogP contribution in [0.1, 0.15) is 0 Å². The Balaban J connectivity index is 1.73. The van der Waals surface area contributed by atoms with Gasteiger partial charge in [-0.1, -0.05) is 11.6 Å². The zero-order valence-corrected chi connectivity index (χ0v) is 15.2. The minimum atomic E-state index is -0.512. The lowest BCUT2D eigenvalue weighted by atomic mass is 10.1. The molecule has 0 fully saturated rings. The van der Waals surface area contributed by atoms with Crippen LogP contribution < -0.4 is 11.1 Å². The molecule has 0 spiro atoms. The molecule has 4 rings (SSSR count). The molecule has 0 atom stereocenters. The number of nitrogens with zero attached hydrogens (tertiary/aromatic N) is 4. The van der Waals surface area contributed by atoms with E-state index < -0.39 is 11.7 Å². The van der Waals surface area contributed by atoms with Crippen molar-refractivity contribution in [3.63, 3.8) is 0 Å². The summed E-state index contributed by atoms with van der Waals surface area (Å²) in [4.78, 5) is 19.8. The van der Waals surface area contributed by atoms with Crippen LogP contribution in [0.3, 0.4) is 0 Å². The zero-order valence-electron chi connectivity index (χ0n) is 14.4. The number of hydrogen-bond donors (Lipinski definition) is 2. The molecule has 0 saturated carbocycles. The van der Waals surface area contributed by atoms with Crippen molar-refractivity contribution in [3.8, 4) is 11.3 Å². The molecule has 4 aromatic rings. The van der Waals surface area contributed by atoms with Crippen LogP contribution >= 0.6 is 11.6 Å². The third-order valence-electron chi connectivity index (χ3n) is 4.08. The maximum atomic E-state index is 14.2. The van der Waals surface area contributed by atoms with Gasteiger partial charge in [-0.2, -0.15) is 5.10 Å². The molecule has 1 amide bonds. The first-order chi connectivity index (χ1) is 13.5. The monoisotopic (exact) mass is 396 g/mol. The predicted molar refractivity (Wildman–Crippen MR) is 105 cm³/mol. The van der Waals surface area contributed by atoms with E-state index in [9.17, 15) is 9.18 Å². The minimum absolute atomic E-state index is 0.0702. The van der Waals surface area contributed by atoms with Crippen LogP contribution in [0.4, 0.5) is 15.8 Å². The SMILES string of the molecule is NC(=O)Cn1ncc2nccc(Nc3ccnc(-c4cc(Cl)ccc4F)c3)c21. The molecule has 0 saturated heterocycles. The van der Waals surface area contributed by atoms with E-state index in [4.69, 9.17) is 17.3 Å². The van der Waals surface area contributed by atoms with Crippen LogP contribution in [-0.4, -0.2) is 25.7 Å². The van der Waals surface area contributed by atoms with Crippen molar-refractivity contribution in [2.45, 2.75) is 6.54 Å². The normalized spacial score (nSPS) is 10.9. The number of nitrogens with two attached hydrogens (primary N) is 1. The van der Waals surface area contributed by atoms with E-state index in [1.807, 2.05) is 0 Å². The fraction of sp³-hybridized carbons (Fsp3) is 0.0526. The molecule has 7 nitrogen and oxygen atoms in total. The number of hydrogen-bond acceptors (Lipinski definition) is 5. The summed E-state index contributed by atoms with van der Waals surface area (Å²) in [5.41, 5.74) is 8.61. The summed E-state index contributed by atoms with van der Waals surface area (Å²) in [6.07, 6.45) is 4.75. The van der Waals surface area contributed by atoms with Crippen LogP contribution in [-0.2, 0) is 11.3 Å². The average Bonchev–Trinajstić information content (AvgIpc) is 3.07. The number of carbonyl (C=O) groups excluding carboxylic acids is 1. The lowest BCUT2D eigenvalue weighted by Gasteiger charge is -2.11. The van der Waals surface area contributed by atoms with E-state index in [2.05, 4.69) is 20.4 Å². The van der Waals surface area contributed by atoms with E-state index in [-0.39, 0.29) is 6.54 Å². The number of amides is 1. The summed E-state index contributed by atoms with van der Waals surface area (Å²) in [6.45, 7) is -0.0702. The van der Waals surface area contributed by atoms with Crippen LogP contribution in [0.5, 0.6) is 0 Å². The lowest BCUT2D eigenvalue weighted by molar-refractivity contribution is -0.118. The summed E-state index contributed by atoms with van der Waals surface area (Å²) < 4.78 is 15.7. The standard InChI is InChI=1S/C19H14ClFN6O/c20-11-1-2-14(21)13(7-11)16-8-12(3-5-23-16)26-15-4-6-24-17-9-25-27(19(15)17)10-18(22)28/h1-9H,10H2,(H2,22,28)(H,23,24,26). The molecule has 3 N–H and O–H groups in total. The van der Waals surface area contributed by atoms with E-state index in [0.717, 1.165) is 0 Å². The van der Waals surface area contributed by atoms with E-state index in [0.29, 0.717) is 38.7 Å². The van der Waals surface area contributed by atoms with Gasteiger partial charge in [0.1, 0.15) is 23.4 Å². The Kier molecular flexibility index (Phi) is 4.62. The largest absolute Gasteiger partial charge is 0.368 e. The van der Waals surface area contributed by atoms with Gasteiger partial charge in [-0.3, -0.25) is 19.4 Å². The summed E-state index contributed by atoms with van der Waals surface area (Å²) >= 11 is 5.98. The Bertz CT molecular complexity index is 1190. The average molecular weight is 397 g/mol. The fourth-order valence-corrected chi connectivity index (χ4v) is 3.06. The molecular formula is C19H14ClFN6O. The van der Waals surface area contributed by atoms with Gasteiger partial charge in [0.25, 0.3) is 0 Å². The van der Waals surface area contributed by atoms with E-state index >= 15 is 0 Å². The predicted octanol–water partition coefficient (Wildman–Crippen LogP) is 3.51. The molecule has 0 unspecified atom stereocenters. The van der Waals surface area contributed by atoms with Crippen LogP contribution in [0.15, 0.2) is 55.0 Å². The van der Waals surface area contributed by atoms with Gasteiger partial charge >= 0.3 is 0 Å². The second-order valence-electron chi connectivity index (χ2n) is 6.04. The maximum Gasteiger partial charge on any atom is 0.239 e. The minimum Gasteiger partial charge on any atom is -0.368 e. The molecule has 0 aliphatic heterocycles. The second kappa shape index (κ2) is 7.24. The molecule has 1 aromatic carbocycles. The first kappa shape index (κ1) is 17.9. The van der Waals surface area contributed by atoms with Crippen LogP contribution in [0, 0.1) is 5.82 Å². The van der Waals surface area contributed by atoms with Crippen molar-refractivity contribution >= 4 is 39.9 Å². The second-order valence-corrected chi connectivity index (χ2v) is 6.48. The van der Waals surface area contributed by atoms with Crippen molar-refractivity contribution in [1.29, 1.82) is 0 Å². The summed E-state index contributed by atoms with van der Waals surface area (Å²) in [6, 6.07) is 9.50. The van der Waals surface area contributed by atoms with Crippen molar-refractivity contribution < 1.29 is 9.18 Å². The van der Waals surface area contributed by atoms with Crippen LogP contribution in [0.25, 0.3) is 22.3 Å². The number of nitrogens with one attached hydrogen (secondary N) is 1. The van der Waals surface area contributed by atoms with E-state index in [1.165, 1.54) is 22.9 Å². The van der Waals surface area contributed by atoms with E-state index in [1.54, 1.807) is 36.8 Å². The van der Waals surface area contributed by atoms with Crippen molar-refractivity contribution in [3.05, 3.63) is 65.8 Å². The first-order valence-electron chi connectivity index (χ1n) is 8.28. The van der Waals surface area contributed by atoms with Crippen molar-refractivity contribution in [2.75, 3.05) is 5.32 Å². The Labute approximate surface area is 164 Å². The lowest BCUT2D eigenvalue weighted by Crippen LogP contribution is -2.19. The summed E-state index contributed by atoms with van der Waals surface area (Å²) in [5, 5.41) is 7.82. The van der Waals surface area contributed by atoms with Crippen molar-refractivity contribution in [2.24, 2.45) is 5.73 Å². The number of anilines is 2. The first-order valence-corrected chi connectivity index (χ1v) is 8.66. The smallest absolute Gasteiger partial charge is 0.239 e. The number of halogens is 2. The summed E-state index contributed by atoms with van der Waals surface area (Å²) in [5.74, 6) is -0.928. The highest BCUT2D eigenvalue weighted by atomic mass is 35.5. The number of aromatic nitrogens is 4. The number of rotatable bonds is 5. The quantitative estimate of drug-likeness (QED) is 0.537. The Hall–Kier alpha value is -3.52. The molecule has 28 heavy (non-hydrogen) atoms. The van der Waals surface area contributed by atoms with Gasteiger partial charge in [-0.05, 0) is 36.4 Å². The Morgan fingerprint density at radius 1 is 1.18 bits per heavy atom. The van der Waals surface area contributed by atoms with Crippen molar-refractivity contribution in [1.82, 2.24) is 19.7 Å². The Morgan fingerprint density at radius 2 is 2.00 bits per heavy atom. The van der Waals surface area contributed by atoms with Gasteiger partial charge < -0.3 is 11.1 Å². The Morgan fingerprint density at radius 3 is 2.82 bits per heavy atom. The van der Waals surface area contributed by atoms with Gasteiger partial charge in [0.2, 0.25) is 5.91 Å². The summed E-state index contributed by atoms with van der Waals surface area (Å²) in [7, 11) is 0. The fourth-order valence-electron chi connectivity index (χ4n) is 2.89. The van der Waals surface area contributed by atoms with Gasteiger partial charge in [-0.15, -0.1) is 0 Å². The number of fused-ring (bicyclic) bond motifs is 1. The topological polar surface area (TPSA) is 98.7 Å². The highest BCUT2D eigenvalue weighted by Crippen LogP contribution is 2.29. The molecule has 0 bridgehead atoms. The highest BCUT2D eigenvalue weighted by molar-refractivity contribution is 6.30. The number of carbonyl (C=O) groups is 1. The molecule has 0 aliphatic rings. The zero-order chi connectivity index (χ0) is 19.7. The van der Waals surface area contributed by atoms with Crippen LogP contribution in [0.2, 0.25) is 5.02 Å². The molecular weight excluding hydrogens is 383 g/mol. The number of primary amides is 1. The van der Waals surface area contributed by atoms with Gasteiger partial charge in [0.05, 0.1) is 17.6 Å². The third kappa shape index (κ3) is 3.49. The third-order valence-corrected chi connectivity index (χ3v) is 4.31. The van der Waals surface area contributed by atoms with Gasteiger partial charge in [0.15, 0.2) is 0 Å². The molecule has 140 valence electrons. The number of benzene rings is 1.